The highest BCUT2D eigenvalue weighted by molar-refractivity contribution is 5.74. The van der Waals surface area contributed by atoms with Crippen molar-refractivity contribution in [1.29, 1.82) is 0 Å². The molecule has 0 bridgehead atoms. The van der Waals surface area contributed by atoms with Crippen molar-refractivity contribution in [1.82, 2.24) is 25.9 Å². The molecule has 2 aliphatic heterocycles. The third-order valence-corrected chi connectivity index (χ3v) is 4.47. The highest BCUT2D eigenvalue weighted by atomic mass is 19.4. The third-order valence-electron chi connectivity index (χ3n) is 4.47. The second kappa shape index (κ2) is 9.08. The van der Waals surface area contributed by atoms with Gasteiger partial charge in [0, 0.05) is 43.3 Å². The summed E-state index contributed by atoms with van der Waals surface area (Å²) in [6.45, 7) is 1.85. The first-order valence-corrected chi connectivity index (χ1v) is 9.13. The first-order valence-electron chi connectivity index (χ1n) is 9.13. The van der Waals surface area contributed by atoms with Crippen LogP contribution in [0, 0.1) is 5.82 Å². The summed E-state index contributed by atoms with van der Waals surface area (Å²) in [7, 11) is 0. The highest BCUT2D eigenvalue weighted by Crippen LogP contribution is 2.30. The monoisotopic (exact) mass is 411 g/mol. The van der Waals surface area contributed by atoms with Gasteiger partial charge in [-0.25, -0.2) is 4.39 Å². The zero-order chi connectivity index (χ0) is 20.9. The molecule has 1 fully saturated rings. The smallest absolute Gasteiger partial charge is 0.418 e. The molecule has 2 aromatic rings. The van der Waals surface area contributed by atoms with E-state index in [4.69, 9.17) is 0 Å². The number of rotatable bonds is 3. The van der Waals surface area contributed by atoms with Gasteiger partial charge in [0.2, 0.25) is 0 Å². The lowest BCUT2D eigenvalue weighted by molar-refractivity contribution is -0.0956. The summed E-state index contributed by atoms with van der Waals surface area (Å²) < 4.78 is 52.4. The first kappa shape index (κ1) is 20.8. The Bertz CT molecular complexity index is 915. The van der Waals surface area contributed by atoms with E-state index >= 15 is 0 Å². The predicted molar refractivity (Wildman–Crippen MR) is 100 cm³/mol. The Kier molecular flexibility index (Phi) is 6.53. The van der Waals surface area contributed by atoms with Gasteiger partial charge in [0.1, 0.15) is 11.6 Å². The summed E-state index contributed by atoms with van der Waals surface area (Å²) in [5.41, 5.74) is -0.220. The van der Waals surface area contributed by atoms with Crippen molar-refractivity contribution < 1.29 is 22.7 Å². The molecule has 0 aliphatic carbocycles. The maximum Gasteiger partial charge on any atom is 0.418 e. The van der Waals surface area contributed by atoms with Gasteiger partial charge in [0.05, 0.1) is 22.3 Å². The maximum atomic E-state index is 14.0. The number of aliphatic hydroxyl groups excluding tert-OH is 1. The number of halogens is 4. The lowest BCUT2D eigenvalue weighted by atomic mass is 10.1. The molecule has 0 unspecified atom stereocenters. The van der Waals surface area contributed by atoms with Crippen LogP contribution in [0.4, 0.5) is 17.6 Å². The minimum Gasteiger partial charge on any atom is -0.505 e. The van der Waals surface area contributed by atoms with Crippen molar-refractivity contribution in [3.05, 3.63) is 59.1 Å². The molecule has 0 saturated carbocycles. The van der Waals surface area contributed by atoms with Crippen molar-refractivity contribution in [2.24, 2.45) is 0 Å². The minimum atomic E-state index is -4.65. The van der Waals surface area contributed by atoms with E-state index in [1.165, 1.54) is 56.7 Å². The molecule has 0 amide bonds. The number of nitrogens with one attached hydrogen (secondary N) is 3. The Labute approximate surface area is 164 Å². The van der Waals surface area contributed by atoms with Crippen molar-refractivity contribution in [3.8, 4) is 0 Å². The zero-order valence-electron chi connectivity index (χ0n) is 15.5. The van der Waals surface area contributed by atoms with Crippen LogP contribution in [0.25, 0.3) is 11.0 Å². The predicted octanol–water partition coefficient (Wildman–Crippen LogP) is 3.05. The lowest BCUT2D eigenvalue weighted by Crippen LogP contribution is -2.31. The number of nitrogens with zero attached hydrogens (tertiary/aromatic N) is 2. The van der Waals surface area contributed by atoms with E-state index in [0.717, 1.165) is 0 Å². The van der Waals surface area contributed by atoms with E-state index in [1.54, 1.807) is 0 Å². The van der Waals surface area contributed by atoms with Crippen molar-refractivity contribution in [2.75, 3.05) is 19.6 Å². The Balaban J connectivity index is 0.000000419. The SMILES string of the molecule is C1CCNC1.OC1=C(C(F)(F)F)CNC=C1NCc1cc2nccnc2cc1F. The van der Waals surface area contributed by atoms with Crippen LogP contribution in [-0.2, 0) is 6.54 Å². The van der Waals surface area contributed by atoms with Crippen LogP contribution >= 0.6 is 0 Å². The van der Waals surface area contributed by atoms with Crippen molar-refractivity contribution in [2.45, 2.75) is 25.6 Å². The van der Waals surface area contributed by atoms with Crippen molar-refractivity contribution >= 4 is 11.0 Å². The number of alkyl halides is 3. The normalized spacial score (nSPS) is 16.8. The summed E-state index contributed by atoms with van der Waals surface area (Å²) in [5, 5.41) is 18.0. The van der Waals surface area contributed by atoms with E-state index in [2.05, 4.69) is 25.9 Å². The van der Waals surface area contributed by atoms with Crippen LogP contribution in [0.15, 0.2) is 47.8 Å². The number of hydrogen-bond acceptors (Lipinski definition) is 6. The van der Waals surface area contributed by atoms with E-state index < -0.39 is 29.9 Å². The zero-order valence-corrected chi connectivity index (χ0v) is 15.5. The molecule has 4 rings (SSSR count). The topological polar surface area (TPSA) is 82.1 Å². The van der Waals surface area contributed by atoms with Crippen molar-refractivity contribution in [3.63, 3.8) is 0 Å². The maximum absolute atomic E-state index is 14.0. The van der Waals surface area contributed by atoms with Crippen LogP contribution in [0.3, 0.4) is 0 Å². The van der Waals surface area contributed by atoms with Gasteiger partial charge < -0.3 is 21.1 Å². The molecule has 6 nitrogen and oxygen atoms in total. The van der Waals surface area contributed by atoms with Crippen LogP contribution in [0.5, 0.6) is 0 Å². The summed E-state index contributed by atoms with van der Waals surface area (Å²) in [6, 6.07) is 2.65. The molecule has 0 spiro atoms. The highest BCUT2D eigenvalue weighted by Gasteiger charge is 2.38. The molecule has 2 aliphatic rings. The quantitative estimate of drug-likeness (QED) is 0.582. The molecule has 29 heavy (non-hydrogen) atoms. The summed E-state index contributed by atoms with van der Waals surface area (Å²) in [5.74, 6) is -1.47. The number of hydrogen-bond donors (Lipinski definition) is 4. The largest absolute Gasteiger partial charge is 0.505 e. The fraction of sp³-hybridized carbons (Fsp3) is 0.368. The molecule has 3 heterocycles. The number of aromatic nitrogens is 2. The molecular formula is C19H21F4N5O. The summed E-state index contributed by atoms with van der Waals surface area (Å²) in [6.07, 6.45) is 2.22. The van der Waals surface area contributed by atoms with E-state index in [1.807, 2.05) is 0 Å². The van der Waals surface area contributed by atoms with Crippen LogP contribution in [0.1, 0.15) is 18.4 Å². The number of dihydropyridines is 1. The Morgan fingerprint density at radius 2 is 1.72 bits per heavy atom. The number of benzene rings is 1. The van der Waals surface area contributed by atoms with Gasteiger partial charge in [0.25, 0.3) is 0 Å². The number of aliphatic hydroxyl groups is 1. The fourth-order valence-electron chi connectivity index (χ4n) is 2.92. The standard InChI is InChI=1S/C15H12F4N4O.C4H9N/c16-10-4-12-11(21-1-2-22-12)3-8(10)5-23-13-7-20-6-9(14(13)24)15(17,18)19;1-2-4-5-3-1/h1-4,7,20,23-24H,5-6H2;5H,1-4H2. The van der Waals surface area contributed by atoms with Crippen LogP contribution < -0.4 is 16.0 Å². The molecule has 0 atom stereocenters. The molecule has 156 valence electrons. The molecule has 1 aromatic carbocycles. The minimum absolute atomic E-state index is 0.124. The average molecular weight is 411 g/mol. The number of fused-ring (bicyclic) bond motifs is 1. The molecule has 10 heteroatoms. The van der Waals surface area contributed by atoms with Gasteiger partial charge in [-0.05, 0) is 32.0 Å². The van der Waals surface area contributed by atoms with Crippen LogP contribution in [0.2, 0.25) is 0 Å². The van der Waals surface area contributed by atoms with Gasteiger partial charge >= 0.3 is 6.18 Å². The first-order chi connectivity index (χ1) is 13.9. The van der Waals surface area contributed by atoms with E-state index in [9.17, 15) is 22.7 Å². The second-order valence-electron chi connectivity index (χ2n) is 6.56. The van der Waals surface area contributed by atoms with Gasteiger partial charge in [0.15, 0.2) is 0 Å². The third kappa shape index (κ3) is 5.35. The van der Waals surface area contributed by atoms with E-state index in [-0.39, 0.29) is 17.8 Å². The molecular weight excluding hydrogens is 390 g/mol. The molecule has 4 N–H and O–H groups in total. The Hall–Kier alpha value is -2.88. The summed E-state index contributed by atoms with van der Waals surface area (Å²) in [4.78, 5) is 8.01. The summed E-state index contributed by atoms with van der Waals surface area (Å²) >= 11 is 0. The van der Waals surface area contributed by atoms with Gasteiger partial charge in [-0.3, -0.25) is 9.97 Å². The second-order valence-corrected chi connectivity index (χ2v) is 6.56. The fourth-order valence-corrected chi connectivity index (χ4v) is 2.92. The molecule has 1 aromatic heterocycles. The van der Waals surface area contributed by atoms with E-state index in [0.29, 0.717) is 11.0 Å². The average Bonchev–Trinajstić information content (AvgIpc) is 3.26. The van der Waals surface area contributed by atoms with Gasteiger partial charge in [-0.1, -0.05) is 0 Å². The lowest BCUT2D eigenvalue weighted by Gasteiger charge is -2.21. The Morgan fingerprint density at radius 1 is 1.07 bits per heavy atom. The van der Waals surface area contributed by atoms with Gasteiger partial charge in [-0.15, -0.1) is 0 Å². The molecule has 1 saturated heterocycles. The Morgan fingerprint density at radius 3 is 2.31 bits per heavy atom. The molecule has 0 radical (unpaired) electrons. The van der Waals surface area contributed by atoms with Crippen LogP contribution in [-0.4, -0.2) is 40.9 Å². The van der Waals surface area contributed by atoms with Gasteiger partial charge in [-0.2, -0.15) is 13.2 Å².